The van der Waals surface area contributed by atoms with E-state index in [2.05, 4.69) is 23.9 Å². The van der Waals surface area contributed by atoms with Crippen LogP contribution >= 0.6 is 0 Å². The molecule has 1 saturated carbocycles. The molecule has 1 aromatic heterocycles. The van der Waals surface area contributed by atoms with Crippen molar-refractivity contribution in [2.24, 2.45) is 5.73 Å². The molecule has 0 amide bonds. The van der Waals surface area contributed by atoms with Gasteiger partial charge in [-0.05, 0) is 33.1 Å². The van der Waals surface area contributed by atoms with Gasteiger partial charge in [0.05, 0.1) is 5.60 Å². The van der Waals surface area contributed by atoms with E-state index in [-0.39, 0.29) is 11.6 Å². The van der Waals surface area contributed by atoms with Crippen LogP contribution in [0.2, 0.25) is 0 Å². The molecule has 1 aliphatic carbocycles. The molecule has 2 rings (SSSR count). The Morgan fingerprint density at radius 3 is 2.71 bits per heavy atom. The summed E-state index contributed by atoms with van der Waals surface area (Å²) in [5.74, 6) is 0.954. The third kappa shape index (κ3) is 2.21. The number of nitrogens with two attached hydrogens (primary N) is 1. The van der Waals surface area contributed by atoms with Crippen molar-refractivity contribution in [2.75, 3.05) is 7.11 Å². The normalized spacial score (nSPS) is 20.3. The van der Waals surface area contributed by atoms with Crippen LogP contribution in [0.4, 0.5) is 0 Å². The van der Waals surface area contributed by atoms with Gasteiger partial charge < -0.3 is 10.5 Å². The van der Waals surface area contributed by atoms with E-state index in [0.717, 1.165) is 25.1 Å². The first-order valence-corrected chi connectivity index (χ1v) is 6.28. The summed E-state index contributed by atoms with van der Waals surface area (Å²) >= 11 is 0. The standard InChI is InChI=1S/C12H22N4O/c1-9(2)16-11(14-8-15-16)7-10(13)12(17-3)5-4-6-12/h8-10H,4-7,13H2,1-3H3. The number of rotatable bonds is 5. The van der Waals surface area contributed by atoms with Crippen molar-refractivity contribution >= 4 is 0 Å². The van der Waals surface area contributed by atoms with Crippen molar-refractivity contribution in [2.45, 2.75) is 57.2 Å². The van der Waals surface area contributed by atoms with Gasteiger partial charge >= 0.3 is 0 Å². The summed E-state index contributed by atoms with van der Waals surface area (Å²) in [7, 11) is 1.76. The Kier molecular flexibility index (Phi) is 3.49. The maximum atomic E-state index is 6.28. The molecule has 1 atom stereocenters. The molecule has 0 saturated heterocycles. The zero-order valence-corrected chi connectivity index (χ0v) is 10.9. The fraction of sp³-hybridized carbons (Fsp3) is 0.833. The Hall–Kier alpha value is -0.940. The van der Waals surface area contributed by atoms with E-state index in [1.54, 1.807) is 13.4 Å². The molecule has 1 aromatic rings. The van der Waals surface area contributed by atoms with Crippen LogP contribution in [-0.4, -0.2) is 33.5 Å². The number of aromatic nitrogens is 3. The van der Waals surface area contributed by atoms with Gasteiger partial charge in [0, 0.05) is 25.6 Å². The van der Waals surface area contributed by atoms with E-state index in [1.807, 2.05) is 4.68 Å². The van der Waals surface area contributed by atoms with Crippen LogP contribution in [0.25, 0.3) is 0 Å². The Balaban J connectivity index is 2.07. The van der Waals surface area contributed by atoms with Crippen molar-refractivity contribution in [3.8, 4) is 0 Å². The van der Waals surface area contributed by atoms with Crippen molar-refractivity contribution in [1.82, 2.24) is 14.8 Å². The molecule has 1 unspecified atom stereocenters. The molecule has 1 heterocycles. The van der Waals surface area contributed by atoms with Gasteiger partial charge in [-0.1, -0.05) is 0 Å². The molecule has 0 bridgehead atoms. The molecule has 5 heteroatoms. The highest BCUT2D eigenvalue weighted by Gasteiger charge is 2.43. The maximum absolute atomic E-state index is 6.28. The molecular weight excluding hydrogens is 216 g/mol. The molecule has 0 aliphatic heterocycles. The zero-order chi connectivity index (χ0) is 12.5. The molecule has 1 fully saturated rings. The lowest BCUT2D eigenvalue weighted by Crippen LogP contribution is -2.55. The Morgan fingerprint density at radius 1 is 1.53 bits per heavy atom. The van der Waals surface area contributed by atoms with Crippen LogP contribution in [0.15, 0.2) is 6.33 Å². The summed E-state index contributed by atoms with van der Waals surface area (Å²) in [6.07, 6.45) is 5.65. The van der Waals surface area contributed by atoms with Gasteiger partial charge in [-0.25, -0.2) is 9.67 Å². The molecule has 17 heavy (non-hydrogen) atoms. The highest BCUT2D eigenvalue weighted by Crippen LogP contribution is 2.38. The molecule has 1 aliphatic rings. The fourth-order valence-electron chi connectivity index (χ4n) is 2.49. The highest BCUT2D eigenvalue weighted by atomic mass is 16.5. The van der Waals surface area contributed by atoms with Crippen LogP contribution in [0.3, 0.4) is 0 Å². The van der Waals surface area contributed by atoms with Gasteiger partial charge in [0.15, 0.2) is 0 Å². The minimum atomic E-state index is -0.131. The van der Waals surface area contributed by atoms with E-state index < -0.39 is 0 Å². The fourth-order valence-corrected chi connectivity index (χ4v) is 2.49. The minimum absolute atomic E-state index is 0.00273. The van der Waals surface area contributed by atoms with Gasteiger partial charge in [-0.2, -0.15) is 5.10 Å². The van der Waals surface area contributed by atoms with Gasteiger partial charge in [0.25, 0.3) is 0 Å². The molecule has 0 aromatic carbocycles. The molecule has 5 nitrogen and oxygen atoms in total. The van der Waals surface area contributed by atoms with Crippen molar-refractivity contribution in [3.05, 3.63) is 12.2 Å². The lowest BCUT2D eigenvalue weighted by molar-refractivity contribution is -0.0902. The summed E-state index contributed by atoms with van der Waals surface area (Å²) < 4.78 is 7.53. The first-order valence-electron chi connectivity index (χ1n) is 6.28. The lowest BCUT2D eigenvalue weighted by atomic mass is 9.73. The topological polar surface area (TPSA) is 66.0 Å². The third-order valence-electron chi connectivity index (χ3n) is 3.82. The monoisotopic (exact) mass is 238 g/mol. The molecule has 0 radical (unpaired) electrons. The Labute approximate surface area is 102 Å². The maximum Gasteiger partial charge on any atom is 0.138 e. The summed E-state index contributed by atoms with van der Waals surface area (Å²) in [5.41, 5.74) is 6.15. The van der Waals surface area contributed by atoms with Crippen LogP contribution in [0, 0.1) is 0 Å². The van der Waals surface area contributed by atoms with Crippen LogP contribution < -0.4 is 5.73 Å². The van der Waals surface area contributed by atoms with Crippen molar-refractivity contribution < 1.29 is 4.74 Å². The first kappa shape index (κ1) is 12.5. The second-order valence-electron chi connectivity index (χ2n) is 5.15. The molecular formula is C12H22N4O. The summed E-state index contributed by atoms with van der Waals surface area (Å²) in [5, 5.41) is 4.23. The number of ether oxygens (including phenoxy) is 1. The van der Waals surface area contributed by atoms with Gasteiger partial charge in [0.2, 0.25) is 0 Å². The zero-order valence-electron chi connectivity index (χ0n) is 10.9. The second kappa shape index (κ2) is 4.74. The van der Waals surface area contributed by atoms with E-state index in [9.17, 15) is 0 Å². The van der Waals surface area contributed by atoms with Crippen LogP contribution in [-0.2, 0) is 11.2 Å². The quantitative estimate of drug-likeness (QED) is 0.839. The predicted molar refractivity (Wildman–Crippen MR) is 65.7 cm³/mol. The summed E-state index contributed by atoms with van der Waals surface area (Å²) in [6.45, 7) is 4.19. The van der Waals surface area contributed by atoms with Crippen LogP contribution in [0.1, 0.15) is 45.0 Å². The smallest absolute Gasteiger partial charge is 0.138 e. The SMILES string of the molecule is COC1(C(N)Cc2ncnn2C(C)C)CCC1. The predicted octanol–water partition coefficient (Wildman–Crippen LogP) is 1.30. The van der Waals surface area contributed by atoms with Gasteiger partial charge in [-0.15, -0.1) is 0 Å². The average Bonchev–Trinajstić information content (AvgIpc) is 2.65. The number of nitrogens with zero attached hydrogens (tertiary/aromatic N) is 3. The van der Waals surface area contributed by atoms with E-state index in [0.29, 0.717) is 6.04 Å². The van der Waals surface area contributed by atoms with Gasteiger partial charge in [-0.3, -0.25) is 0 Å². The first-order chi connectivity index (χ1) is 8.09. The van der Waals surface area contributed by atoms with Crippen molar-refractivity contribution in [1.29, 1.82) is 0 Å². The van der Waals surface area contributed by atoms with E-state index in [4.69, 9.17) is 10.5 Å². The van der Waals surface area contributed by atoms with E-state index in [1.165, 1.54) is 6.42 Å². The Morgan fingerprint density at radius 2 is 2.24 bits per heavy atom. The third-order valence-corrected chi connectivity index (χ3v) is 3.82. The molecule has 2 N–H and O–H groups in total. The molecule has 0 spiro atoms. The second-order valence-corrected chi connectivity index (χ2v) is 5.15. The average molecular weight is 238 g/mol. The number of methoxy groups -OCH3 is 1. The number of hydrogen-bond acceptors (Lipinski definition) is 4. The summed E-state index contributed by atoms with van der Waals surface area (Å²) in [6, 6.07) is 0.322. The van der Waals surface area contributed by atoms with E-state index >= 15 is 0 Å². The Bertz CT molecular complexity index is 365. The largest absolute Gasteiger partial charge is 0.377 e. The van der Waals surface area contributed by atoms with Crippen LogP contribution in [0.5, 0.6) is 0 Å². The van der Waals surface area contributed by atoms with Crippen molar-refractivity contribution in [3.63, 3.8) is 0 Å². The highest BCUT2D eigenvalue weighted by molar-refractivity contribution is 5.03. The minimum Gasteiger partial charge on any atom is -0.377 e. The lowest BCUT2D eigenvalue weighted by Gasteiger charge is -2.44. The number of hydrogen-bond donors (Lipinski definition) is 1. The molecule has 96 valence electrons. The summed E-state index contributed by atoms with van der Waals surface area (Å²) in [4.78, 5) is 4.30. The van der Waals surface area contributed by atoms with Gasteiger partial charge in [0.1, 0.15) is 12.2 Å².